The molecule has 0 bridgehead atoms. The van der Waals surface area contributed by atoms with Crippen LogP contribution in [0.25, 0.3) is 0 Å². The number of rotatable bonds is 6. The van der Waals surface area contributed by atoms with Crippen LogP contribution in [0.15, 0.2) is 45.8 Å². The van der Waals surface area contributed by atoms with E-state index in [1.165, 1.54) is 18.2 Å². The lowest BCUT2D eigenvalue weighted by Crippen LogP contribution is -2.16. The van der Waals surface area contributed by atoms with Crippen molar-refractivity contribution in [3.05, 3.63) is 51.5 Å². The summed E-state index contributed by atoms with van der Waals surface area (Å²) in [4.78, 5) is 12.3. The Morgan fingerprint density at radius 2 is 1.96 bits per heavy atom. The van der Waals surface area contributed by atoms with Gasteiger partial charge in [0.15, 0.2) is 0 Å². The number of sulfonamides is 1. The van der Waals surface area contributed by atoms with Crippen LogP contribution in [0.5, 0.6) is 5.75 Å². The average molecular weight is 462 g/mol. The Hall–Kier alpha value is -1.61. The molecule has 0 radical (unpaired) electrons. The number of amides is 1. The molecule has 0 spiro atoms. The van der Waals surface area contributed by atoms with Crippen LogP contribution in [0, 0.1) is 5.92 Å². The summed E-state index contributed by atoms with van der Waals surface area (Å²) < 4.78 is 29.0. The van der Waals surface area contributed by atoms with Crippen molar-refractivity contribution in [3.8, 4) is 5.75 Å². The standard InChI is InChI=1S/C17H18BrClN2O4S/c1-10(2)9-25-16-6-3-11(7-15(16)19)21-17(22)13-8-12(26(20,23)24)4-5-14(13)18/h3-8,10H,9H2,1-2H3,(H,21,22)(H2,20,23,24). The smallest absolute Gasteiger partial charge is 0.256 e. The minimum absolute atomic E-state index is 0.132. The number of hydrogen-bond acceptors (Lipinski definition) is 4. The van der Waals surface area contributed by atoms with Crippen LogP contribution >= 0.6 is 27.5 Å². The predicted octanol–water partition coefficient (Wildman–Crippen LogP) is 4.04. The van der Waals surface area contributed by atoms with Gasteiger partial charge in [-0.25, -0.2) is 13.6 Å². The lowest BCUT2D eigenvalue weighted by molar-refractivity contribution is 0.102. The molecule has 0 aliphatic heterocycles. The molecule has 0 aliphatic carbocycles. The quantitative estimate of drug-likeness (QED) is 0.678. The van der Waals surface area contributed by atoms with Crippen molar-refractivity contribution >= 4 is 49.1 Å². The SMILES string of the molecule is CC(C)COc1ccc(NC(=O)c2cc(S(N)(=O)=O)ccc2Br)cc1Cl. The van der Waals surface area contributed by atoms with Crippen molar-refractivity contribution in [2.45, 2.75) is 18.7 Å². The van der Waals surface area contributed by atoms with E-state index >= 15 is 0 Å². The minimum Gasteiger partial charge on any atom is -0.492 e. The molecular formula is C17H18BrClN2O4S. The number of benzene rings is 2. The van der Waals surface area contributed by atoms with E-state index in [9.17, 15) is 13.2 Å². The molecule has 2 rings (SSSR count). The maximum Gasteiger partial charge on any atom is 0.256 e. The largest absolute Gasteiger partial charge is 0.492 e. The number of carbonyl (C=O) groups excluding carboxylic acids is 1. The van der Waals surface area contributed by atoms with Gasteiger partial charge in [0.25, 0.3) is 5.91 Å². The van der Waals surface area contributed by atoms with Gasteiger partial charge < -0.3 is 10.1 Å². The molecule has 0 unspecified atom stereocenters. The minimum atomic E-state index is -3.91. The Morgan fingerprint density at radius 3 is 2.54 bits per heavy atom. The fourth-order valence-electron chi connectivity index (χ4n) is 2.01. The molecule has 1 amide bonds. The van der Waals surface area contributed by atoms with Gasteiger partial charge in [0.05, 0.1) is 22.1 Å². The topological polar surface area (TPSA) is 98.5 Å². The third-order valence-electron chi connectivity index (χ3n) is 3.27. The van der Waals surface area contributed by atoms with Gasteiger partial charge in [-0.15, -0.1) is 0 Å². The van der Waals surface area contributed by atoms with Gasteiger partial charge in [-0.2, -0.15) is 0 Å². The van der Waals surface area contributed by atoms with E-state index in [0.717, 1.165) is 0 Å². The van der Waals surface area contributed by atoms with Crippen LogP contribution in [0.1, 0.15) is 24.2 Å². The molecule has 3 N–H and O–H groups in total. The van der Waals surface area contributed by atoms with Gasteiger partial charge in [0.2, 0.25) is 10.0 Å². The van der Waals surface area contributed by atoms with E-state index < -0.39 is 15.9 Å². The maximum atomic E-state index is 12.5. The Morgan fingerprint density at radius 1 is 1.27 bits per heavy atom. The Balaban J connectivity index is 2.21. The summed E-state index contributed by atoms with van der Waals surface area (Å²) in [6, 6.07) is 8.84. The predicted molar refractivity (Wildman–Crippen MR) is 105 cm³/mol. The first-order chi connectivity index (χ1) is 12.1. The van der Waals surface area contributed by atoms with E-state index in [0.29, 0.717) is 33.5 Å². The summed E-state index contributed by atoms with van der Waals surface area (Å²) in [5.74, 6) is 0.374. The molecule has 9 heteroatoms. The molecule has 0 fully saturated rings. The summed E-state index contributed by atoms with van der Waals surface area (Å²) in [5, 5.41) is 8.14. The molecule has 140 valence electrons. The van der Waals surface area contributed by atoms with Gasteiger partial charge in [-0.05, 0) is 58.2 Å². The second-order valence-electron chi connectivity index (χ2n) is 5.99. The first kappa shape index (κ1) is 20.7. The van der Waals surface area contributed by atoms with Crippen molar-refractivity contribution in [1.82, 2.24) is 0 Å². The zero-order valence-electron chi connectivity index (χ0n) is 14.1. The highest BCUT2D eigenvalue weighted by molar-refractivity contribution is 9.10. The number of primary sulfonamides is 1. The molecule has 0 saturated heterocycles. The normalized spacial score (nSPS) is 11.5. The fraction of sp³-hybridized carbons (Fsp3) is 0.235. The van der Waals surface area contributed by atoms with E-state index in [1.54, 1.807) is 18.2 Å². The number of hydrogen-bond donors (Lipinski definition) is 2. The van der Waals surface area contributed by atoms with Gasteiger partial charge in [0.1, 0.15) is 5.75 Å². The third kappa shape index (κ3) is 5.44. The Labute approximate surface area is 165 Å². The highest BCUT2D eigenvalue weighted by Gasteiger charge is 2.16. The van der Waals surface area contributed by atoms with Gasteiger partial charge >= 0.3 is 0 Å². The number of nitrogens with one attached hydrogen (secondary N) is 1. The zero-order chi connectivity index (χ0) is 19.5. The number of halogens is 2. The van der Waals surface area contributed by atoms with Crippen molar-refractivity contribution in [3.63, 3.8) is 0 Å². The number of ether oxygens (including phenoxy) is 1. The number of anilines is 1. The first-order valence-electron chi connectivity index (χ1n) is 7.64. The highest BCUT2D eigenvalue weighted by Crippen LogP contribution is 2.29. The summed E-state index contributed by atoms with van der Waals surface area (Å²) in [7, 11) is -3.91. The van der Waals surface area contributed by atoms with E-state index in [1.807, 2.05) is 13.8 Å². The van der Waals surface area contributed by atoms with E-state index in [4.69, 9.17) is 21.5 Å². The Bertz CT molecular complexity index is 932. The molecule has 0 atom stereocenters. The third-order valence-corrected chi connectivity index (χ3v) is 5.17. The molecular weight excluding hydrogens is 444 g/mol. The maximum absolute atomic E-state index is 12.5. The Kier molecular flexibility index (Phi) is 6.68. The van der Waals surface area contributed by atoms with Gasteiger partial charge in [-0.1, -0.05) is 25.4 Å². The molecule has 0 aromatic heterocycles. The molecule has 0 saturated carbocycles. The summed E-state index contributed by atoms with van der Waals surface area (Å²) >= 11 is 9.41. The first-order valence-corrected chi connectivity index (χ1v) is 10.4. The second-order valence-corrected chi connectivity index (χ2v) is 8.81. The zero-order valence-corrected chi connectivity index (χ0v) is 17.3. The molecule has 2 aromatic carbocycles. The molecule has 6 nitrogen and oxygen atoms in total. The number of nitrogens with two attached hydrogens (primary N) is 1. The van der Waals surface area contributed by atoms with Crippen LogP contribution in [-0.2, 0) is 10.0 Å². The van der Waals surface area contributed by atoms with Crippen LogP contribution < -0.4 is 15.2 Å². The number of carbonyl (C=O) groups is 1. The van der Waals surface area contributed by atoms with Crippen LogP contribution in [0.4, 0.5) is 5.69 Å². The second kappa shape index (κ2) is 8.39. The highest BCUT2D eigenvalue weighted by atomic mass is 79.9. The molecule has 26 heavy (non-hydrogen) atoms. The van der Waals surface area contributed by atoms with Gasteiger partial charge in [-0.3, -0.25) is 4.79 Å². The van der Waals surface area contributed by atoms with Crippen LogP contribution in [0.2, 0.25) is 5.02 Å². The van der Waals surface area contributed by atoms with Crippen molar-refractivity contribution in [2.75, 3.05) is 11.9 Å². The fourth-order valence-corrected chi connectivity index (χ4v) is 3.21. The average Bonchev–Trinajstić information content (AvgIpc) is 2.53. The van der Waals surface area contributed by atoms with E-state index in [2.05, 4.69) is 21.2 Å². The van der Waals surface area contributed by atoms with Crippen molar-refractivity contribution in [2.24, 2.45) is 11.1 Å². The van der Waals surface area contributed by atoms with Crippen molar-refractivity contribution < 1.29 is 17.9 Å². The van der Waals surface area contributed by atoms with Crippen LogP contribution in [0.3, 0.4) is 0 Å². The monoisotopic (exact) mass is 460 g/mol. The van der Waals surface area contributed by atoms with E-state index in [-0.39, 0.29) is 10.5 Å². The van der Waals surface area contributed by atoms with Crippen LogP contribution in [-0.4, -0.2) is 20.9 Å². The molecule has 2 aromatic rings. The molecule has 0 aliphatic rings. The lowest BCUT2D eigenvalue weighted by Gasteiger charge is -2.12. The lowest BCUT2D eigenvalue weighted by atomic mass is 10.2. The van der Waals surface area contributed by atoms with Gasteiger partial charge in [0, 0.05) is 10.2 Å². The summed E-state index contributed by atoms with van der Waals surface area (Å²) in [6.45, 7) is 4.57. The molecule has 0 heterocycles. The van der Waals surface area contributed by atoms with Crippen molar-refractivity contribution in [1.29, 1.82) is 0 Å². The summed E-state index contributed by atoms with van der Waals surface area (Å²) in [6.07, 6.45) is 0. The summed E-state index contributed by atoms with van der Waals surface area (Å²) in [5.41, 5.74) is 0.581.